The van der Waals surface area contributed by atoms with E-state index in [-0.39, 0.29) is 23.0 Å². The average molecular weight is 293 g/mol. The zero-order valence-electron chi connectivity index (χ0n) is 11.2. The molecule has 2 unspecified atom stereocenters. The van der Waals surface area contributed by atoms with Gasteiger partial charge >= 0.3 is 0 Å². The minimum atomic E-state index is -1.28. The fourth-order valence-corrected chi connectivity index (χ4v) is 2.23. The van der Waals surface area contributed by atoms with Gasteiger partial charge in [0, 0.05) is 5.25 Å². The van der Waals surface area contributed by atoms with Gasteiger partial charge in [-0.15, -0.1) is 0 Å². The lowest BCUT2D eigenvalue weighted by Gasteiger charge is -2.12. The molecule has 1 aromatic heterocycles. The number of hydrogen-bond acceptors (Lipinski definition) is 6. The molecule has 106 valence electrons. The van der Waals surface area contributed by atoms with Crippen molar-refractivity contribution in [3.05, 3.63) is 41.7 Å². The first-order chi connectivity index (χ1) is 9.56. The summed E-state index contributed by atoms with van der Waals surface area (Å²) in [5, 5.41) is 0.195. The molecule has 3 N–H and O–H groups in total. The van der Waals surface area contributed by atoms with Gasteiger partial charge in [-0.2, -0.15) is 15.0 Å². The molecule has 0 aliphatic heterocycles. The van der Waals surface area contributed by atoms with E-state index in [9.17, 15) is 4.39 Å². The van der Waals surface area contributed by atoms with Crippen LogP contribution in [0.5, 0.6) is 0 Å². The largest absolute Gasteiger partial charge is 0.368 e. The smallest absolute Gasteiger partial charge is 0.238 e. The Bertz CT molecular complexity index is 564. The second-order valence-corrected chi connectivity index (χ2v) is 5.41. The molecule has 2 aromatic rings. The number of rotatable bonds is 5. The van der Waals surface area contributed by atoms with E-state index in [2.05, 4.69) is 26.6 Å². The summed E-state index contributed by atoms with van der Waals surface area (Å²) in [6.07, 6.45) is -1.28. The monoisotopic (exact) mass is 293 g/mol. The third kappa shape index (κ3) is 3.80. The van der Waals surface area contributed by atoms with E-state index >= 15 is 0 Å². The van der Waals surface area contributed by atoms with Crippen molar-refractivity contribution in [2.75, 3.05) is 10.5 Å². The normalized spacial score (nSPS) is 13.8. The van der Waals surface area contributed by atoms with Crippen molar-refractivity contribution in [2.24, 2.45) is 0 Å². The maximum atomic E-state index is 13.2. The minimum absolute atomic E-state index is 0.00923. The molecule has 1 aromatic carbocycles. The zero-order valence-corrected chi connectivity index (χ0v) is 12.1. The number of halogens is 1. The number of nitrogen functional groups attached to an aromatic ring is 1. The zero-order chi connectivity index (χ0) is 14.5. The number of nitrogens with two attached hydrogens (primary N) is 1. The quantitative estimate of drug-likeness (QED) is 0.824. The Morgan fingerprint density at radius 2 is 1.85 bits per heavy atom. The van der Waals surface area contributed by atoms with Crippen LogP contribution >= 0.6 is 11.9 Å². The lowest BCUT2D eigenvalue weighted by molar-refractivity contribution is 0.356. The van der Waals surface area contributed by atoms with E-state index in [1.807, 2.05) is 30.3 Å². The average Bonchev–Trinajstić information content (AvgIpc) is 2.45. The Kier molecular flexibility index (Phi) is 4.73. The first kappa shape index (κ1) is 14.5. The molecule has 2 rings (SSSR count). The van der Waals surface area contributed by atoms with E-state index in [1.165, 1.54) is 24.4 Å². The molecule has 2 atom stereocenters. The predicted molar refractivity (Wildman–Crippen MR) is 79.8 cm³/mol. The Morgan fingerprint density at radius 3 is 2.50 bits per heavy atom. The summed E-state index contributed by atoms with van der Waals surface area (Å²) in [4.78, 5) is 11.7. The SMILES string of the molecule is CC(F)c1nc(N)nc(NSC(C)c2ccccc2)n1. The number of anilines is 2. The van der Waals surface area contributed by atoms with E-state index in [4.69, 9.17) is 5.73 Å². The molecule has 0 aliphatic carbocycles. The summed E-state index contributed by atoms with van der Waals surface area (Å²) in [5.74, 6) is 0.313. The number of benzene rings is 1. The minimum Gasteiger partial charge on any atom is -0.368 e. The highest BCUT2D eigenvalue weighted by Crippen LogP contribution is 2.28. The topological polar surface area (TPSA) is 76.7 Å². The van der Waals surface area contributed by atoms with Crippen molar-refractivity contribution in [2.45, 2.75) is 25.3 Å². The molecule has 7 heteroatoms. The molecule has 0 aliphatic rings. The molecule has 0 saturated heterocycles. The molecule has 20 heavy (non-hydrogen) atoms. The first-order valence-corrected chi connectivity index (χ1v) is 7.06. The van der Waals surface area contributed by atoms with Crippen LogP contribution < -0.4 is 10.5 Å². The van der Waals surface area contributed by atoms with Crippen molar-refractivity contribution in [3.8, 4) is 0 Å². The lowest BCUT2D eigenvalue weighted by atomic mass is 10.2. The van der Waals surface area contributed by atoms with Gasteiger partial charge in [0.2, 0.25) is 11.9 Å². The van der Waals surface area contributed by atoms with Crippen LogP contribution in [0.2, 0.25) is 0 Å². The standard InChI is InChI=1S/C13H16FN5S/c1-8(14)11-16-12(15)18-13(17-11)19-20-9(2)10-6-4-3-5-7-10/h3-9H,1-2H3,(H3,15,16,17,18,19). The second kappa shape index (κ2) is 6.51. The number of aromatic nitrogens is 3. The van der Waals surface area contributed by atoms with E-state index < -0.39 is 6.17 Å². The maximum absolute atomic E-state index is 13.2. The van der Waals surface area contributed by atoms with Gasteiger partial charge < -0.3 is 5.73 Å². The van der Waals surface area contributed by atoms with Gasteiger partial charge in [0.25, 0.3) is 0 Å². The summed E-state index contributed by atoms with van der Waals surface area (Å²) < 4.78 is 16.2. The molecular weight excluding hydrogens is 277 g/mol. The number of nitrogens with zero attached hydrogens (tertiary/aromatic N) is 3. The molecule has 0 radical (unpaired) electrons. The molecule has 0 saturated carbocycles. The van der Waals surface area contributed by atoms with Crippen LogP contribution in [-0.2, 0) is 0 Å². The third-order valence-electron chi connectivity index (χ3n) is 2.62. The van der Waals surface area contributed by atoms with Crippen LogP contribution in [0.1, 0.15) is 36.7 Å². The maximum Gasteiger partial charge on any atom is 0.238 e. The molecule has 0 fully saturated rings. The fourth-order valence-electron chi connectivity index (χ4n) is 1.57. The Hall–Kier alpha value is -1.89. The Morgan fingerprint density at radius 1 is 1.15 bits per heavy atom. The number of hydrogen-bond donors (Lipinski definition) is 2. The second-order valence-electron chi connectivity index (χ2n) is 4.26. The highest BCUT2D eigenvalue weighted by Gasteiger charge is 2.12. The van der Waals surface area contributed by atoms with Crippen LogP contribution in [0.4, 0.5) is 16.3 Å². The van der Waals surface area contributed by atoms with Gasteiger partial charge in [-0.25, -0.2) is 4.39 Å². The number of alkyl halides is 1. The number of nitrogens with one attached hydrogen (secondary N) is 1. The highest BCUT2D eigenvalue weighted by molar-refractivity contribution is 8.00. The first-order valence-electron chi connectivity index (χ1n) is 6.18. The van der Waals surface area contributed by atoms with Gasteiger partial charge in [0.1, 0.15) is 0 Å². The summed E-state index contributed by atoms with van der Waals surface area (Å²) in [7, 11) is 0. The molecular formula is C13H16FN5S. The van der Waals surface area contributed by atoms with Crippen molar-refractivity contribution >= 4 is 23.8 Å². The fraction of sp³-hybridized carbons (Fsp3) is 0.308. The Balaban J connectivity index is 2.04. The van der Waals surface area contributed by atoms with Gasteiger partial charge in [-0.3, -0.25) is 4.72 Å². The van der Waals surface area contributed by atoms with Crippen molar-refractivity contribution < 1.29 is 4.39 Å². The Labute approximate surface area is 121 Å². The molecule has 0 amide bonds. The van der Waals surface area contributed by atoms with Crippen LogP contribution in [-0.4, -0.2) is 15.0 Å². The van der Waals surface area contributed by atoms with Crippen LogP contribution in [0, 0.1) is 0 Å². The predicted octanol–water partition coefficient (Wildman–Crippen LogP) is 3.31. The van der Waals surface area contributed by atoms with Gasteiger partial charge in [-0.05, 0) is 31.4 Å². The molecule has 0 spiro atoms. The summed E-state index contributed by atoms with van der Waals surface area (Å²) in [5.41, 5.74) is 6.71. The van der Waals surface area contributed by atoms with Gasteiger partial charge in [0.05, 0.1) is 0 Å². The van der Waals surface area contributed by atoms with Crippen molar-refractivity contribution in [1.29, 1.82) is 0 Å². The molecule has 1 heterocycles. The van der Waals surface area contributed by atoms with Crippen LogP contribution in [0.3, 0.4) is 0 Å². The van der Waals surface area contributed by atoms with E-state index in [1.54, 1.807) is 0 Å². The summed E-state index contributed by atoms with van der Waals surface area (Å²) in [6.45, 7) is 3.41. The molecule has 5 nitrogen and oxygen atoms in total. The third-order valence-corrected chi connectivity index (χ3v) is 3.55. The van der Waals surface area contributed by atoms with Gasteiger partial charge in [-0.1, -0.05) is 30.3 Å². The van der Waals surface area contributed by atoms with E-state index in [0.29, 0.717) is 0 Å². The van der Waals surface area contributed by atoms with Crippen LogP contribution in [0.25, 0.3) is 0 Å². The van der Waals surface area contributed by atoms with E-state index in [0.717, 1.165) is 0 Å². The van der Waals surface area contributed by atoms with Crippen molar-refractivity contribution in [1.82, 2.24) is 15.0 Å². The summed E-state index contributed by atoms with van der Waals surface area (Å²) >= 11 is 1.43. The summed E-state index contributed by atoms with van der Waals surface area (Å²) in [6, 6.07) is 10.0. The van der Waals surface area contributed by atoms with Crippen LogP contribution in [0.15, 0.2) is 30.3 Å². The van der Waals surface area contributed by atoms with Gasteiger partial charge in [0.15, 0.2) is 12.0 Å². The molecule has 0 bridgehead atoms. The lowest BCUT2D eigenvalue weighted by Crippen LogP contribution is -2.07. The highest BCUT2D eigenvalue weighted by atomic mass is 32.2. The van der Waals surface area contributed by atoms with Crippen molar-refractivity contribution in [3.63, 3.8) is 0 Å².